The topological polar surface area (TPSA) is 64.8 Å². The molecule has 0 saturated carbocycles. The summed E-state index contributed by atoms with van der Waals surface area (Å²) in [5, 5.41) is 1.52. The van der Waals surface area contributed by atoms with Gasteiger partial charge in [-0.1, -0.05) is 35.3 Å². The zero-order chi connectivity index (χ0) is 22.8. The van der Waals surface area contributed by atoms with Gasteiger partial charge in [0.15, 0.2) is 11.6 Å². The maximum Gasteiger partial charge on any atom is 0.157 e. The molecule has 9 heteroatoms. The van der Waals surface area contributed by atoms with Crippen LogP contribution in [0.5, 0.6) is 0 Å². The molecule has 2 fully saturated rings. The van der Waals surface area contributed by atoms with Crippen LogP contribution in [0.15, 0.2) is 54.9 Å². The highest BCUT2D eigenvalue weighted by Crippen LogP contribution is 2.31. The first-order chi connectivity index (χ1) is 16.1. The molecule has 0 spiro atoms. The predicted molar refractivity (Wildman–Crippen MR) is 138 cm³/mol. The van der Waals surface area contributed by atoms with Crippen molar-refractivity contribution in [1.82, 2.24) is 9.97 Å². The first kappa shape index (κ1) is 21.9. The minimum absolute atomic E-state index is 0.657. The smallest absolute Gasteiger partial charge is 0.157 e. The average molecular weight is 484 g/mol. The van der Waals surface area contributed by atoms with E-state index in [9.17, 15) is 0 Å². The Morgan fingerprint density at radius 3 is 1.39 bits per heavy atom. The largest absolute Gasteiger partial charge is 0.393 e. The van der Waals surface area contributed by atoms with Crippen LogP contribution in [0.1, 0.15) is 0 Å². The van der Waals surface area contributed by atoms with E-state index in [2.05, 4.69) is 41.7 Å². The van der Waals surface area contributed by atoms with E-state index >= 15 is 0 Å². The molecule has 2 N–H and O–H groups in total. The molecule has 5 rings (SSSR count). The van der Waals surface area contributed by atoms with Gasteiger partial charge in [0.1, 0.15) is 12.0 Å². The lowest BCUT2D eigenvalue weighted by molar-refractivity contribution is 0.639. The highest BCUT2D eigenvalue weighted by molar-refractivity contribution is 6.31. The fourth-order valence-corrected chi connectivity index (χ4v) is 4.95. The number of hydrogen-bond donors (Lipinski definition) is 1. The van der Waals surface area contributed by atoms with Crippen molar-refractivity contribution in [3.8, 4) is 0 Å². The van der Waals surface area contributed by atoms with Gasteiger partial charge in [-0.3, -0.25) is 0 Å². The molecule has 33 heavy (non-hydrogen) atoms. The van der Waals surface area contributed by atoms with Crippen molar-refractivity contribution in [3.05, 3.63) is 64.9 Å². The number of rotatable bonds is 4. The summed E-state index contributed by atoms with van der Waals surface area (Å²) in [4.78, 5) is 18.3. The Balaban J connectivity index is 1.24. The van der Waals surface area contributed by atoms with Crippen LogP contribution in [0, 0.1) is 0 Å². The third-order valence-corrected chi connectivity index (χ3v) is 6.82. The van der Waals surface area contributed by atoms with Gasteiger partial charge in [0.2, 0.25) is 0 Å². The van der Waals surface area contributed by atoms with E-state index in [0.717, 1.165) is 85.4 Å². The summed E-state index contributed by atoms with van der Waals surface area (Å²) in [5.41, 5.74) is 9.56. The minimum Gasteiger partial charge on any atom is -0.393 e. The lowest BCUT2D eigenvalue weighted by Crippen LogP contribution is -2.48. The zero-order valence-corrected chi connectivity index (χ0v) is 19.9. The van der Waals surface area contributed by atoms with Crippen LogP contribution in [0.25, 0.3) is 0 Å². The van der Waals surface area contributed by atoms with E-state index in [1.165, 1.54) is 0 Å². The molecule has 2 aromatic carbocycles. The normalized spacial score (nSPS) is 16.9. The quantitative estimate of drug-likeness (QED) is 0.600. The number of nitrogens with two attached hydrogens (primary N) is 1. The number of piperazine rings is 2. The molecule has 3 heterocycles. The Morgan fingerprint density at radius 1 is 0.606 bits per heavy atom. The first-order valence-corrected chi connectivity index (χ1v) is 12.0. The predicted octanol–water partition coefficient (Wildman–Crippen LogP) is 4.02. The third kappa shape index (κ3) is 4.75. The van der Waals surface area contributed by atoms with Crippen LogP contribution in [0.4, 0.5) is 28.7 Å². The molecule has 2 saturated heterocycles. The highest BCUT2D eigenvalue weighted by atomic mass is 35.5. The van der Waals surface area contributed by atoms with E-state index in [1.54, 1.807) is 6.33 Å². The van der Waals surface area contributed by atoms with Gasteiger partial charge in [-0.15, -0.1) is 0 Å². The molecule has 172 valence electrons. The van der Waals surface area contributed by atoms with Gasteiger partial charge in [-0.25, -0.2) is 9.97 Å². The Morgan fingerprint density at radius 2 is 1.00 bits per heavy atom. The van der Waals surface area contributed by atoms with E-state index in [-0.39, 0.29) is 0 Å². The Hall–Kier alpha value is -2.90. The van der Waals surface area contributed by atoms with Crippen LogP contribution in [0.2, 0.25) is 10.0 Å². The monoisotopic (exact) mass is 483 g/mol. The maximum absolute atomic E-state index is 6.61. The molecular formula is C24H27Cl2N7. The average Bonchev–Trinajstić information content (AvgIpc) is 2.85. The number of benzene rings is 2. The molecule has 0 amide bonds. The highest BCUT2D eigenvalue weighted by Gasteiger charge is 2.25. The Kier molecular flexibility index (Phi) is 6.33. The fourth-order valence-electron chi connectivity index (χ4n) is 4.58. The number of halogens is 2. The number of aromatic nitrogens is 2. The second-order valence-electron chi connectivity index (χ2n) is 8.34. The van der Waals surface area contributed by atoms with Crippen LogP contribution >= 0.6 is 23.2 Å². The summed E-state index contributed by atoms with van der Waals surface area (Å²) in [6.07, 6.45) is 1.63. The van der Waals surface area contributed by atoms with E-state index in [0.29, 0.717) is 5.69 Å². The summed E-state index contributed by atoms with van der Waals surface area (Å²) in [6, 6.07) is 16.0. The molecule has 3 aromatic rings. The zero-order valence-electron chi connectivity index (χ0n) is 18.4. The Bertz CT molecular complexity index is 1030. The van der Waals surface area contributed by atoms with Crippen LogP contribution < -0.4 is 25.3 Å². The molecule has 7 nitrogen and oxygen atoms in total. The molecular weight excluding hydrogens is 457 g/mol. The summed E-state index contributed by atoms with van der Waals surface area (Å²) in [7, 11) is 0. The van der Waals surface area contributed by atoms with Crippen molar-refractivity contribution >= 4 is 51.9 Å². The number of nitrogen functional groups attached to an aromatic ring is 1. The lowest BCUT2D eigenvalue weighted by atomic mass is 10.2. The molecule has 0 aliphatic carbocycles. The van der Waals surface area contributed by atoms with E-state index < -0.39 is 0 Å². The minimum atomic E-state index is 0.657. The molecule has 1 aromatic heterocycles. The van der Waals surface area contributed by atoms with E-state index in [1.807, 2.05) is 36.4 Å². The standard InChI is InChI=1S/C24H27Cl2N7/c25-18-3-1-5-20(15-18)30-7-11-32(12-8-30)23-22(27)24(29-17-28-23)33-13-9-31(10-14-33)21-6-2-4-19(26)16-21/h1-6,15-17H,7-14,27H2. The fraction of sp³-hybridized carbons (Fsp3) is 0.333. The van der Waals surface area contributed by atoms with Crippen LogP contribution in [-0.2, 0) is 0 Å². The maximum atomic E-state index is 6.61. The van der Waals surface area contributed by atoms with Crippen molar-refractivity contribution < 1.29 is 0 Å². The van der Waals surface area contributed by atoms with Crippen molar-refractivity contribution in [2.75, 3.05) is 77.7 Å². The summed E-state index contributed by atoms with van der Waals surface area (Å²) < 4.78 is 0. The number of hydrogen-bond acceptors (Lipinski definition) is 7. The second-order valence-corrected chi connectivity index (χ2v) is 9.22. The molecule has 2 aliphatic heterocycles. The van der Waals surface area contributed by atoms with Gasteiger partial charge < -0.3 is 25.3 Å². The summed E-state index contributed by atoms with van der Waals surface area (Å²) >= 11 is 12.3. The summed E-state index contributed by atoms with van der Waals surface area (Å²) in [6.45, 7) is 6.92. The molecule has 2 aliphatic rings. The van der Waals surface area contributed by atoms with Gasteiger partial charge in [0.25, 0.3) is 0 Å². The van der Waals surface area contributed by atoms with Crippen molar-refractivity contribution in [1.29, 1.82) is 0 Å². The van der Waals surface area contributed by atoms with Crippen LogP contribution in [0.3, 0.4) is 0 Å². The lowest BCUT2D eigenvalue weighted by Gasteiger charge is -2.39. The molecule has 0 atom stereocenters. The first-order valence-electron chi connectivity index (χ1n) is 11.2. The van der Waals surface area contributed by atoms with Crippen LogP contribution in [-0.4, -0.2) is 62.3 Å². The van der Waals surface area contributed by atoms with Gasteiger partial charge >= 0.3 is 0 Å². The molecule has 0 radical (unpaired) electrons. The van der Waals surface area contributed by atoms with E-state index in [4.69, 9.17) is 28.9 Å². The summed E-state index contributed by atoms with van der Waals surface area (Å²) in [5.74, 6) is 1.64. The van der Waals surface area contributed by atoms with Gasteiger partial charge in [0, 0.05) is 73.8 Å². The van der Waals surface area contributed by atoms with Gasteiger partial charge in [-0.05, 0) is 36.4 Å². The van der Waals surface area contributed by atoms with Crippen molar-refractivity contribution in [2.24, 2.45) is 0 Å². The molecule has 0 bridgehead atoms. The second kappa shape index (κ2) is 9.53. The molecule has 0 unspecified atom stereocenters. The van der Waals surface area contributed by atoms with Gasteiger partial charge in [0.05, 0.1) is 0 Å². The van der Waals surface area contributed by atoms with Crippen molar-refractivity contribution in [3.63, 3.8) is 0 Å². The van der Waals surface area contributed by atoms with Gasteiger partial charge in [-0.2, -0.15) is 0 Å². The van der Waals surface area contributed by atoms with Crippen molar-refractivity contribution in [2.45, 2.75) is 0 Å². The SMILES string of the molecule is Nc1c(N2CCN(c3cccc(Cl)c3)CC2)ncnc1N1CCN(c2cccc(Cl)c2)CC1. The third-order valence-electron chi connectivity index (χ3n) is 6.35. The Labute approximate surface area is 204 Å². The number of nitrogens with zero attached hydrogens (tertiary/aromatic N) is 6. The number of anilines is 5.